The lowest BCUT2D eigenvalue weighted by Crippen LogP contribution is -2.68. The summed E-state index contributed by atoms with van der Waals surface area (Å²) in [4.78, 5) is 6.50. The van der Waals surface area contributed by atoms with E-state index in [9.17, 15) is 0 Å². The van der Waals surface area contributed by atoms with Gasteiger partial charge in [0.2, 0.25) is 0 Å². The summed E-state index contributed by atoms with van der Waals surface area (Å²) in [6.45, 7) is 2.53. The van der Waals surface area contributed by atoms with E-state index in [4.69, 9.17) is 0 Å². The lowest BCUT2D eigenvalue weighted by Gasteiger charge is -2.65. The second kappa shape index (κ2) is 13.3. The van der Waals surface area contributed by atoms with Crippen LogP contribution in [0, 0.1) is 35.5 Å². The maximum atomic E-state index is 4.12. The monoisotopic (exact) mass is 579 g/mol. The van der Waals surface area contributed by atoms with Gasteiger partial charge in [-0.05, 0) is 138 Å². The summed E-state index contributed by atoms with van der Waals surface area (Å²) in [6, 6.07) is 3.49. The highest BCUT2D eigenvalue weighted by molar-refractivity contribution is 5.11. The summed E-state index contributed by atoms with van der Waals surface area (Å²) in [5.74, 6) is 6.11. The van der Waals surface area contributed by atoms with Gasteiger partial charge in [0.15, 0.2) is 0 Å². The highest BCUT2D eigenvalue weighted by Gasteiger charge is 2.59. The summed E-state index contributed by atoms with van der Waals surface area (Å²) < 4.78 is 0. The molecule has 238 valence electrons. The van der Waals surface area contributed by atoms with Gasteiger partial charge in [0.1, 0.15) is 0 Å². The molecule has 0 spiro atoms. The van der Waals surface area contributed by atoms with Crippen LogP contribution in [0.2, 0.25) is 0 Å². The zero-order valence-corrected chi connectivity index (χ0v) is 27.2. The molecule has 0 aromatic heterocycles. The molecule has 2 heterocycles. The van der Waals surface area contributed by atoms with E-state index < -0.39 is 0 Å². The van der Waals surface area contributed by atoms with E-state index in [0.717, 1.165) is 59.7 Å². The van der Waals surface area contributed by atoms with Gasteiger partial charge in [-0.25, -0.2) is 0 Å². The van der Waals surface area contributed by atoms with Crippen LogP contribution in [-0.4, -0.2) is 59.4 Å². The molecule has 2 saturated heterocycles. The zero-order chi connectivity index (χ0) is 27.9. The van der Waals surface area contributed by atoms with Crippen LogP contribution in [0.25, 0.3) is 0 Å². The summed E-state index contributed by atoms with van der Waals surface area (Å²) in [5, 5.41) is 8.24. The Morgan fingerprint density at radius 2 is 0.810 bits per heavy atom. The van der Waals surface area contributed by atoms with Crippen LogP contribution in [-0.2, 0) is 0 Å². The molecule has 0 aromatic carbocycles. The van der Waals surface area contributed by atoms with Gasteiger partial charge in [-0.1, -0.05) is 64.2 Å². The Balaban J connectivity index is 1.11. The van der Waals surface area contributed by atoms with E-state index in [1.165, 1.54) is 129 Å². The topological polar surface area (TPSA) is 30.5 Å². The van der Waals surface area contributed by atoms with Gasteiger partial charge >= 0.3 is 0 Å². The maximum Gasteiger partial charge on any atom is 0.0602 e. The second-order valence-electron chi connectivity index (χ2n) is 16.9. The van der Waals surface area contributed by atoms with E-state index in [-0.39, 0.29) is 0 Å². The molecule has 0 radical (unpaired) electrons. The van der Waals surface area contributed by atoms with Crippen molar-refractivity contribution in [3.8, 4) is 0 Å². The maximum absolute atomic E-state index is 4.12. The molecule has 0 aromatic rings. The largest absolute Gasteiger partial charge is 0.302 e. The van der Waals surface area contributed by atoms with Crippen molar-refractivity contribution in [2.45, 2.75) is 191 Å². The van der Waals surface area contributed by atoms with Gasteiger partial charge in [0.05, 0.1) is 12.3 Å². The van der Waals surface area contributed by atoms with Crippen molar-refractivity contribution >= 4 is 0 Å². The summed E-state index contributed by atoms with van der Waals surface area (Å²) in [6.07, 6.45) is 37.1. The number of hydrogen-bond acceptors (Lipinski definition) is 4. The quantitative estimate of drug-likeness (QED) is 0.334. The number of nitrogens with one attached hydrogen (secondary N) is 2. The average Bonchev–Trinajstić information content (AvgIpc) is 3.06. The molecule has 2 aliphatic heterocycles. The smallest absolute Gasteiger partial charge is 0.0602 e. The van der Waals surface area contributed by atoms with Gasteiger partial charge in [0, 0.05) is 24.2 Å². The third-order valence-corrected chi connectivity index (χ3v) is 14.9. The van der Waals surface area contributed by atoms with Crippen LogP contribution in [0.5, 0.6) is 0 Å². The molecule has 2 N–H and O–H groups in total. The first kappa shape index (κ1) is 29.3. The molecule has 10 unspecified atom stereocenters. The van der Waals surface area contributed by atoms with Crippen LogP contribution in [0.3, 0.4) is 0 Å². The molecular weight excluding hydrogens is 512 g/mol. The summed E-state index contributed by atoms with van der Waals surface area (Å²) in [5.41, 5.74) is 0. The first-order valence-electron chi connectivity index (χ1n) is 19.9. The van der Waals surface area contributed by atoms with E-state index in [1.54, 1.807) is 38.5 Å². The van der Waals surface area contributed by atoms with Crippen molar-refractivity contribution in [2.75, 3.05) is 13.1 Å². The van der Waals surface area contributed by atoms with Gasteiger partial charge in [-0.2, -0.15) is 0 Å². The third-order valence-electron chi connectivity index (χ3n) is 14.9. The Morgan fingerprint density at radius 3 is 1.21 bits per heavy atom. The zero-order valence-electron chi connectivity index (χ0n) is 27.2. The molecule has 4 nitrogen and oxygen atoms in total. The number of hydrogen-bond donors (Lipinski definition) is 2. The Hall–Kier alpha value is -0.160. The van der Waals surface area contributed by atoms with Gasteiger partial charge < -0.3 is 10.6 Å². The number of piperidine rings is 2. The summed E-state index contributed by atoms with van der Waals surface area (Å²) in [7, 11) is 0. The number of nitrogens with zero attached hydrogens (tertiary/aromatic N) is 2. The predicted octanol–water partition coefficient (Wildman–Crippen LogP) is 8.06. The molecular formula is C38H66N4. The second-order valence-corrected chi connectivity index (χ2v) is 16.9. The normalized spacial score (nSPS) is 45.6. The fourth-order valence-corrected chi connectivity index (χ4v) is 13.5. The average molecular weight is 579 g/mol. The fourth-order valence-electron chi connectivity index (χ4n) is 13.5. The molecule has 6 aliphatic carbocycles. The van der Waals surface area contributed by atoms with Crippen molar-refractivity contribution < 1.29 is 0 Å². The molecule has 0 amide bonds. The standard InChI is InChI=1S/C38H66N4/c1-3-15-29(16-4-1)41(35-21-7-9-23-39-35)33-25-27-13-12-20-32-34(26-28-14-11-19-31(33)37(28)38(27)32)42(30-17-5-2-6-18-30)36-22-8-10-24-40-36/h27-40H,1-26H2. The van der Waals surface area contributed by atoms with E-state index in [1.807, 2.05) is 0 Å². The lowest BCUT2D eigenvalue weighted by molar-refractivity contribution is -0.164. The molecule has 10 atom stereocenters. The molecule has 42 heavy (non-hydrogen) atoms. The van der Waals surface area contributed by atoms with Crippen molar-refractivity contribution in [1.29, 1.82) is 0 Å². The van der Waals surface area contributed by atoms with Crippen LogP contribution in [0.15, 0.2) is 0 Å². The molecule has 6 saturated carbocycles. The van der Waals surface area contributed by atoms with Gasteiger partial charge in [-0.15, -0.1) is 0 Å². The van der Waals surface area contributed by atoms with Crippen LogP contribution < -0.4 is 10.6 Å². The van der Waals surface area contributed by atoms with E-state index in [2.05, 4.69) is 20.4 Å². The Morgan fingerprint density at radius 1 is 0.381 bits per heavy atom. The lowest BCUT2D eigenvalue weighted by atomic mass is 9.45. The SMILES string of the molecule is C1CCC(N(C2CCCCN2)C2CC3CCCC4C3C3C(CCCC32)CC4N(C2CCCCC2)C2CCCCN2)CC1. The Kier molecular flexibility index (Phi) is 9.26. The molecule has 8 rings (SSSR count). The van der Waals surface area contributed by atoms with Crippen molar-refractivity contribution in [3.63, 3.8) is 0 Å². The van der Waals surface area contributed by atoms with Crippen LogP contribution >= 0.6 is 0 Å². The molecule has 8 aliphatic rings. The van der Waals surface area contributed by atoms with Crippen molar-refractivity contribution in [3.05, 3.63) is 0 Å². The Bertz CT molecular complexity index is 747. The van der Waals surface area contributed by atoms with Gasteiger partial charge in [0.25, 0.3) is 0 Å². The van der Waals surface area contributed by atoms with E-state index in [0.29, 0.717) is 12.3 Å². The minimum atomic E-state index is 0.679. The highest BCUT2D eigenvalue weighted by Crippen LogP contribution is 2.62. The van der Waals surface area contributed by atoms with E-state index >= 15 is 0 Å². The highest BCUT2D eigenvalue weighted by atomic mass is 15.3. The summed E-state index contributed by atoms with van der Waals surface area (Å²) >= 11 is 0. The van der Waals surface area contributed by atoms with Gasteiger partial charge in [-0.3, -0.25) is 9.80 Å². The molecule has 0 bridgehead atoms. The predicted molar refractivity (Wildman–Crippen MR) is 174 cm³/mol. The first-order valence-corrected chi connectivity index (χ1v) is 19.9. The fraction of sp³-hybridized carbons (Fsp3) is 1.00. The third kappa shape index (κ3) is 5.57. The molecule has 4 heteroatoms. The minimum absolute atomic E-state index is 0.679. The minimum Gasteiger partial charge on any atom is -0.302 e. The van der Waals surface area contributed by atoms with Crippen LogP contribution in [0.1, 0.15) is 154 Å². The van der Waals surface area contributed by atoms with Crippen LogP contribution in [0.4, 0.5) is 0 Å². The first-order chi connectivity index (χ1) is 20.9. The van der Waals surface area contributed by atoms with Crippen molar-refractivity contribution in [1.82, 2.24) is 20.4 Å². The molecule has 8 fully saturated rings. The Labute approximate surface area is 259 Å². The van der Waals surface area contributed by atoms with Crippen molar-refractivity contribution in [2.24, 2.45) is 35.5 Å². The number of rotatable bonds is 6.